The lowest BCUT2D eigenvalue weighted by atomic mass is 10.1. The van der Waals surface area contributed by atoms with Gasteiger partial charge in [0.15, 0.2) is 6.23 Å². The number of nitrogens with zero attached hydrogens (tertiary/aromatic N) is 1. The summed E-state index contributed by atoms with van der Waals surface area (Å²) in [7, 11) is 1.60. The van der Waals surface area contributed by atoms with Gasteiger partial charge in [0, 0.05) is 18.2 Å². The van der Waals surface area contributed by atoms with Gasteiger partial charge in [0.2, 0.25) is 0 Å². The summed E-state index contributed by atoms with van der Waals surface area (Å²) in [5.41, 5.74) is 0.908. The molecule has 1 saturated heterocycles. The van der Waals surface area contributed by atoms with Gasteiger partial charge in [-0.25, -0.2) is 4.79 Å². The van der Waals surface area contributed by atoms with Crippen LogP contribution in [-0.2, 0) is 11.2 Å². The highest BCUT2D eigenvalue weighted by molar-refractivity contribution is 7.71. The van der Waals surface area contributed by atoms with Crippen molar-refractivity contribution in [3.05, 3.63) is 81.0 Å². The monoisotopic (exact) mass is 472 g/mol. The molecular weight excluding hydrogens is 448 g/mol. The molecule has 4 rings (SSSR count). The average Bonchev–Trinajstić information content (AvgIpc) is 3.10. The first-order valence-corrected chi connectivity index (χ1v) is 10.7. The predicted molar refractivity (Wildman–Crippen MR) is 121 cm³/mol. The zero-order valence-corrected chi connectivity index (χ0v) is 18.6. The largest absolute Gasteiger partial charge is 0.497 e. The maximum Gasteiger partial charge on any atom is 0.328 e. The van der Waals surface area contributed by atoms with Crippen LogP contribution < -0.4 is 15.2 Å². The molecule has 1 aliphatic rings. The van der Waals surface area contributed by atoms with Crippen molar-refractivity contribution in [2.75, 3.05) is 13.7 Å². The summed E-state index contributed by atoms with van der Waals surface area (Å²) >= 11 is 5.33. The van der Waals surface area contributed by atoms with E-state index in [1.165, 1.54) is 6.20 Å². The molecule has 0 amide bonds. The number of ether oxygens (including phenoxy) is 3. The summed E-state index contributed by atoms with van der Waals surface area (Å²) in [4.78, 5) is 15.0. The molecule has 2 unspecified atom stereocenters. The fraction of sp³-hybridized carbons (Fsp3) is 0.304. The third-order valence-electron chi connectivity index (χ3n) is 5.42. The minimum Gasteiger partial charge on any atom is -0.497 e. The van der Waals surface area contributed by atoms with E-state index in [1.807, 2.05) is 24.3 Å². The van der Waals surface area contributed by atoms with Crippen molar-refractivity contribution in [2.24, 2.45) is 0 Å². The number of aromatic amines is 1. The highest BCUT2D eigenvalue weighted by atomic mass is 32.1. The van der Waals surface area contributed by atoms with Gasteiger partial charge < -0.3 is 29.5 Å². The third-order valence-corrected chi connectivity index (χ3v) is 5.79. The van der Waals surface area contributed by atoms with Crippen molar-refractivity contribution in [1.82, 2.24) is 9.55 Å². The zero-order chi connectivity index (χ0) is 23.5. The molecule has 0 aliphatic carbocycles. The summed E-state index contributed by atoms with van der Waals surface area (Å²) in [5.74, 6) is 2.02. The second-order valence-electron chi connectivity index (χ2n) is 7.65. The Morgan fingerprint density at radius 2 is 1.82 bits per heavy atom. The van der Waals surface area contributed by atoms with Gasteiger partial charge in [0.1, 0.15) is 40.2 Å². The van der Waals surface area contributed by atoms with Crippen LogP contribution in [0, 0.1) is 4.64 Å². The number of hydrogen-bond donors (Lipinski definition) is 4. The predicted octanol–water partition coefficient (Wildman–Crippen LogP) is 1.91. The molecule has 10 heteroatoms. The Hall–Kier alpha value is -3.02. The number of rotatable bonds is 7. The van der Waals surface area contributed by atoms with E-state index in [4.69, 9.17) is 26.4 Å². The lowest BCUT2D eigenvalue weighted by Crippen LogP contribution is -2.36. The zero-order valence-electron chi connectivity index (χ0n) is 17.7. The van der Waals surface area contributed by atoms with Gasteiger partial charge in [-0.1, -0.05) is 24.4 Å². The molecule has 174 valence electrons. The second-order valence-corrected chi connectivity index (χ2v) is 8.06. The Morgan fingerprint density at radius 3 is 2.48 bits per heavy atom. The molecule has 33 heavy (non-hydrogen) atoms. The van der Waals surface area contributed by atoms with Crippen LogP contribution in [0.3, 0.4) is 0 Å². The normalized spacial score (nSPS) is 22.3. The van der Waals surface area contributed by atoms with Crippen LogP contribution in [0.25, 0.3) is 0 Å². The number of methoxy groups -OCH3 is 1. The van der Waals surface area contributed by atoms with Gasteiger partial charge in [-0.05, 0) is 42.0 Å². The highest BCUT2D eigenvalue weighted by Crippen LogP contribution is 2.29. The Labute approximate surface area is 194 Å². The number of aliphatic hydroxyl groups is 3. The molecule has 4 N–H and O–H groups in total. The van der Waals surface area contributed by atoms with Gasteiger partial charge in [0.25, 0.3) is 0 Å². The molecule has 0 bridgehead atoms. The quantitative estimate of drug-likeness (QED) is 0.384. The average molecular weight is 473 g/mol. The molecule has 2 heterocycles. The molecule has 1 aromatic heterocycles. The molecule has 0 spiro atoms. The summed E-state index contributed by atoms with van der Waals surface area (Å²) in [6.45, 7) is -0.486. The van der Waals surface area contributed by atoms with Crippen LogP contribution >= 0.6 is 12.2 Å². The molecule has 3 aromatic rings. The number of nitrogens with one attached hydrogen (secondary N) is 1. The van der Waals surface area contributed by atoms with E-state index in [2.05, 4.69) is 4.98 Å². The van der Waals surface area contributed by atoms with Crippen molar-refractivity contribution < 1.29 is 29.5 Å². The van der Waals surface area contributed by atoms with Gasteiger partial charge in [-0.2, -0.15) is 0 Å². The maximum absolute atomic E-state index is 12.5. The lowest BCUT2D eigenvalue weighted by Gasteiger charge is -2.18. The smallest absolute Gasteiger partial charge is 0.328 e. The molecule has 4 atom stereocenters. The van der Waals surface area contributed by atoms with Crippen LogP contribution in [0.4, 0.5) is 0 Å². The minimum absolute atomic E-state index is 0.254. The van der Waals surface area contributed by atoms with Crippen molar-refractivity contribution in [2.45, 2.75) is 31.0 Å². The summed E-state index contributed by atoms with van der Waals surface area (Å²) < 4.78 is 17.9. The minimum atomic E-state index is -1.38. The first-order valence-electron chi connectivity index (χ1n) is 10.3. The fourth-order valence-corrected chi connectivity index (χ4v) is 3.88. The van der Waals surface area contributed by atoms with Crippen molar-refractivity contribution in [3.8, 4) is 17.2 Å². The highest BCUT2D eigenvalue weighted by Gasteiger charge is 2.43. The van der Waals surface area contributed by atoms with Gasteiger partial charge >= 0.3 is 5.69 Å². The van der Waals surface area contributed by atoms with E-state index in [-0.39, 0.29) is 4.64 Å². The Balaban J connectivity index is 1.57. The van der Waals surface area contributed by atoms with Crippen LogP contribution in [0.1, 0.15) is 17.4 Å². The van der Waals surface area contributed by atoms with E-state index in [1.54, 1.807) is 31.4 Å². The van der Waals surface area contributed by atoms with Crippen LogP contribution in [0.15, 0.2) is 59.5 Å². The lowest BCUT2D eigenvalue weighted by molar-refractivity contribution is -0.0551. The summed E-state index contributed by atoms with van der Waals surface area (Å²) in [6.07, 6.45) is -2.96. The third kappa shape index (κ3) is 5.00. The first-order chi connectivity index (χ1) is 15.9. The van der Waals surface area contributed by atoms with E-state index in [0.717, 1.165) is 15.9 Å². The molecule has 0 radical (unpaired) electrons. The van der Waals surface area contributed by atoms with E-state index >= 15 is 0 Å². The number of H-pyrrole nitrogens is 1. The second kappa shape index (κ2) is 9.86. The Kier molecular flexibility index (Phi) is 6.91. The van der Waals surface area contributed by atoms with Crippen LogP contribution in [0.5, 0.6) is 17.2 Å². The molecule has 1 fully saturated rings. The molecular formula is C23H24N2O7S. The van der Waals surface area contributed by atoms with Crippen molar-refractivity contribution in [1.29, 1.82) is 0 Å². The molecule has 9 nitrogen and oxygen atoms in total. The SMILES string of the molecule is COc1ccc(Oc2cccc(Cc3cn([C@H]4O[C@@H](CO)C(O)C4O)c(=O)[nH]c3=S)c2)cc1. The standard InChI is InChI=1S/C23H24N2O7S/c1-30-15-5-7-16(8-6-15)31-17-4-2-3-13(10-17)9-14-11-25(23(29)24-21(14)33)22-20(28)19(27)18(12-26)32-22/h2-8,10-11,18-20,22,26-28H,9,12H2,1H3,(H,24,29,33)/t18-,19?,20?,22-/m0/s1. The first kappa shape index (κ1) is 23.1. The Bertz CT molecular complexity index is 1220. The summed E-state index contributed by atoms with van der Waals surface area (Å²) in [5, 5.41) is 29.6. The maximum atomic E-state index is 12.5. The molecule has 1 aliphatic heterocycles. The van der Waals surface area contributed by atoms with Gasteiger partial charge in [-0.15, -0.1) is 0 Å². The van der Waals surface area contributed by atoms with E-state index in [9.17, 15) is 20.1 Å². The number of benzene rings is 2. The fourth-order valence-electron chi connectivity index (χ4n) is 3.67. The number of aromatic nitrogens is 2. The van der Waals surface area contributed by atoms with E-state index in [0.29, 0.717) is 23.5 Å². The van der Waals surface area contributed by atoms with Crippen LogP contribution in [-0.4, -0.2) is 56.9 Å². The van der Waals surface area contributed by atoms with Crippen LogP contribution in [0.2, 0.25) is 0 Å². The number of hydrogen-bond acceptors (Lipinski definition) is 8. The van der Waals surface area contributed by atoms with E-state index < -0.39 is 36.8 Å². The topological polar surface area (TPSA) is 126 Å². The Morgan fingerprint density at radius 1 is 1.09 bits per heavy atom. The summed E-state index contributed by atoms with van der Waals surface area (Å²) in [6, 6.07) is 14.7. The van der Waals surface area contributed by atoms with Gasteiger partial charge in [-0.3, -0.25) is 9.55 Å². The van der Waals surface area contributed by atoms with Crippen molar-refractivity contribution >= 4 is 12.2 Å². The van der Waals surface area contributed by atoms with Crippen molar-refractivity contribution in [3.63, 3.8) is 0 Å². The molecule has 2 aromatic carbocycles. The number of aliphatic hydroxyl groups excluding tert-OH is 3. The van der Waals surface area contributed by atoms with Gasteiger partial charge in [0.05, 0.1) is 13.7 Å². The molecule has 0 saturated carbocycles.